The molecule has 6 heteroatoms. The first-order valence-corrected chi connectivity index (χ1v) is 7.09. The van der Waals surface area contributed by atoms with Crippen molar-refractivity contribution in [3.05, 3.63) is 29.8 Å². The third-order valence-corrected chi connectivity index (χ3v) is 4.12. The lowest BCUT2D eigenvalue weighted by molar-refractivity contribution is 0.0600. The van der Waals surface area contributed by atoms with E-state index in [0.717, 1.165) is 0 Å². The molecule has 1 N–H and O–H groups in total. The summed E-state index contributed by atoms with van der Waals surface area (Å²) in [7, 11) is -2.34. The van der Waals surface area contributed by atoms with Gasteiger partial charge in [-0.05, 0) is 31.5 Å². The lowest BCUT2D eigenvalue weighted by Gasteiger charge is -2.12. The van der Waals surface area contributed by atoms with Crippen molar-refractivity contribution in [2.45, 2.75) is 31.2 Å². The fourth-order valence-corrected chi connectivity index (χ4v) is 2.70. The average molecular weight is 271 g/mol. The smallest absolute Gasteiger partial charge is 0.337 e. The Hall–Kier alpha value is -1.40. The summed E-state index contributed by atoms with van der Waals surface area (Å²) in [6, 6.07) is 5.61. The second-order valence-corrected chi connectivity index (χ2v) is 5.66. The molecular weight excluding hydrogens is 254 g/mol. The molecule has 0 radical (unpaired) electrons. The summed E-state index contributed by atoms with van der Waals surface area (Å²) in [6.07, 6.45) is 0.690. The van der Waals surface area contributed by atoms with E-state index in [-0.39, 0.29) is 16.5 Å². The van der Waals surface area contributed by atoms with Crippen LogP contribution in [0.15, 0.2) is 29.2 Å². The van der Waals surface area contributed by atoms with Gasteiger partial charge in [0.05, 0.1) is 17.6 Å². The van der Waals surface area contributed by atoms with E-state index in [4.69, 9.17) is 0 Å². The molecule has 0 fully saturated rings. The molecule has 0 saturated heterocycles. The van der Waals surface area contributed by atoms with E-state index in [1.54, 1.807) is 6.92 Å². The standard InChI is InChI=1S/C12H17NO4S/c1-4-9(2)13-18(15,16)11-7-5-6-10(8-11)12(14)17-3/h5-9,13H,4H2,1-3H3/t9-/m1/s1. The van der Waals surface area contributed by atoms with Gasteiger partial charge in [-0.1, -0.05) is 13.0 Å². The Balaban J connectivity index is 3.06. The van der Waals surface area contributed by atoms with Crippen molar-refractivity contribution in [3.8, 4) is 0 Å². The molecule has 0 heterocycles. The first kappa shape index (κ1) is 14.7. The van der Waals surface area contributed by atoms with Crippen molar-refractivity contribution in [2.24, 2.45) is 0 Å². The summed E-state index contributed by atoms with van der Waals surface area (Å²) in [5.41, 5.74) is 0.213. The number of rotatable bonds is 5. The maximum atomic E-state index is 12.0. The van der Waals surface area contributed by atoms with Gasteiger partial charge >= 0.3 is 5.97 Å². The molecule has 0 aliphatic carbocycles. The maximum absolute atomic E-state index is 12.0. The molecule has 0 aliphatic heterocycles. The number of ether oxygens (including phenoxy) is 1. The maximum Gasteiger partial charge on any atom is 0.337 e. The van der Waals surface area contributed by atoms with Crippen molar-refractivity contribution in [2.75, 3.05) is 7.11 Å². The lowest BCUT2D eigenvalue weighted by Crippen LogP contribution is -2.32. The SMILES string of the molecule is CC[C@@H](C)NS(=O)(=O)c1cccc(C(=O)OC)c1. The number of sulfonamides is 1. The molecule has 1 atom stereocenters. The van der Waals surface area contributed by atoms with Gasteiger partial charge in [-0.15, -0.1) is 0 Å². The number of benzene rings is 1. The number of nitrogens with one attached hydrogen (secondary N) is 1. The van der Waals surface area contributed by atoms with Crippen molar-refractivity contribution in [1.82, 2.24) is 4.72 Å². The Morgan fingerprint density at radius 1 is 1.44 bits per heavy atom. The van der Waals surface area contributed by atoms with E-state index >= 15 is 0 Å². The highest BCUT2D eigenvalue weighted by Gasteiger charge is 2.18. The Labute approximate surface area is 107 Å². The minimum Gasteiger partial charge on any atom is -0.465 e. The van der Waals surface area contributed by atoms with E-state index in [1.165, 1.54) is 31.4 Å². The van der Waals surface area contributed by atoms with Gasteiger partial charge in [0.25, 0.3) is 0 Å². The molecule has 0 amide bonds. The average Bonchev–Trinajstić information content (AvgIpc) is 2.37. The third kappa shape index (κ3) is 3.54. The minimum absolute atomic E-state index is 0.0608. The fraction of sp³-hybridized carbons (Fsp3) is 0.417. The number of hydrogen-bond donors (Lipinski definition) is 1. The Kier molecular flexibility index (Phi) is 4.86. The van der Waals surface area contributed by atoms with Crippen LogP contribution in [0.1, 0.15) is 30.6 Å². The van der Waals surface area contributed by atoms with Gasteiger partial charge in [-0.3, -0.25) is 0 Å². The quantitative estimate of drug-likeness (QED) is 0.825. The van der Waals surface area contributed by atoms with Crippen LogP contribution in [0.5, 0.6) is 0 Å². The number of esters is 1. The second kappa shape index (κ2) is 5.97. The van der Waals surface area contributed by atoms with Crippen molar-refractivity contribution in [3.63, 3.8) is 0 Å². The van der Waals surface area contributed by atoms with Crippen LogP contribution >= 0.6 is 0 Å². The van der Waals surface area contributed by atoms with E-state index in [9.17, 15) is 13.2 Å². The zero-order valence-electron chi connectivity index (χ0n) is 10.6. The fourth-order valence-electron chi connectivity index (χ4n) is 1.32. The molecular formula is C12H17NO4S. The Morgan fingerprint density at radius 2 is 2.11 bits per heavy atom. The largest absolute Gasteiger partial charge is 0.465 e. The topological polar surface area (TPSA) is 72.5 Å². The van der Waals surface area contributed by atoms with Gasteiger partial charge in [-0.25, -0.2) is 17.9 Å². The molecule has 0 saturated carbocycles. The number of carbonyl (C=O) groups is 1. The van der Waals surface area contributed by atoms with Crippen LogP contribution in [0.3, 0.4) is 0 Å². The van der Waals surface area contributed by atoms with Gasteiger partial charge in [0, 0.05) is 6.04 Å². The molecule has 1 aromatic carbocycles. The zero-order chi connectivity index (χ0) is 13.8. The van der Waals surface area contributed by atoms with Crippen LogP contribution in [0.2, 0.25) is 0 Å². The summed E-state index contributed by atoms with van der Waals surface area (Å²) in [5, 5.41) is 0. The molecule has 0 aromatic heterocycles. The first-order chi connectivity index (χ1) is 8.40. The van der Waals surface area contributed by atoms with Gasteiger partial charge < -0.3 is 4.74 Å². The summed E-state index contributed by atoms with van der Waals surface area (Å²) in [4.78, 5) is 11.4. The first-order valence-electron chi connectivity index (χ1n) is 5.61. The molecule has 5 nitrogen and oxygen atoms in total. The van der Waals surface area contributed by atoms with Gasteiger partial charge in [0.2, 0.25) is 10.0 Å². The molecule has 0 unspecified atom stereocenters. The highest BCUT2D eigenvalue weighted by Crippen LogP contribution is 2.13. The van der Waals surface area contributed by atoms with Gasteiger partial charge in [0.1, 0.15) is 0 Å². The van der Waals surface area contributed by atoms with Crippen LogP contribution in [-0.2, 0) is 14.8 Å². The number of carbonyl (C=O) groups excluding carboxylic acids is 1. The van der Waals surface area contributed by atoms with Crippen LogP contribution < -0.4 is 4.72 Å². The molecule has 1 rings (SSSR count). The Bertz CT molecular complexity index is 525. The van der Waals surface area contributed by atoms with Crippen molar-refractivity contribution in [1.29, 1.82) is 0 Å². The van der Waals surface area contributed by atoms with Crippen LogP contribution in [0.4, 0.5) is 0 Å². The normalized spacial score (nSPS) is 13.1. The highest BCUT2D eigenvalue weighted by atomic mass is 32.2. The molecule has 0 bridgehead atoms. The van der Waals surface area contributed by atoms with Crippen LogP contribution in [0.25, 0.3) is 0 Å². The summed E-state index contributed by atoms with van der Waals surface area (Å²) >= 11 is 0. The predicted molar refractivity (Wildman–Crippen MR) is 67.9 cm³/mol. The molecule has 18 heavy (non-hydrogen) atoms. The van der Waals surface area contributed by atoms with Crippen molar-refractivity contribution < 1.29 is 17.9 Å². The summed E-state index contributed by atoms with van der Waals surface area (Å²) in [5.74, 6) is -0.560. The van der Waals surface area contributed by atoms with E-state index in [0.29, 0.717) is 6.42 Å². The third-order valence-electron chi connectivity index (χ3n) is 2.53. The van der Waals surface area contributed by atoms with E-state index in [2.05, 4.69) is 9.46 Å². The zero-order valence-corrected chi connectivity index (χ0v) is 11.5. The predicted octanol–water partition coefficient (Wildman–Crippen LogP) is 1.55. The lowest BCUT2D eigenvalue weighted by atomic mass is 10.2. The Morgan fingerprint density at radius 3 is 2.67 bits per heavy atom. The minimum atomic E-state index is -3.59. The number of methoxy groups -OCH3 is 1. The second-order valence-electron chi connectivity index (χ2n) is 3.95. The summed E-state index contributed by atoms with van der Waals surface area (Å²) < 4.78 is 31.1. The van der Waals surface area contributed by atoms with Crippen molar-refractivity contribution >= 4 is 16.0 Å². The monoisotopic (exact) mass is 271 g/mol. The number of hydrogen-bond acceptors (Lipinski definition) is 4. The molecule has 100 valence electrons. The molecule has 0 aliphatic rings. The van der Waals surface area contributed by atoms with E-state index < -0.39 is 16.0 Å². The van der Waals surface area contributed by atoms with Gasteiger partial charge in [0.15, 0.2) is 0 Å². The van der Waals surface area contributed by atoms with Crippen LogP contribution in [0, 0.1) is 0 Å². The summed E-state index contributed by atoms with van der Waals surface area (Å²) in [6.45, 7) is 3.67. The highest BCUT2D eigenvalue weighted by molar-refractivity contribution is 7.89. The van der Waals surface area contributed by atoms with Crippen LogP contribution in [-0.4, -0.2) is 27.5 Å². The molecule has 1 aromatic rings. The molecule has 0 spiro atoms. The van der Waals surface area contributed by atoms with Gasteiger partial charge in [-0.2, -0.15) is 0 Å². The van der Waals surface area contributed by atoms with E-state index in [1.807, 2.05) is 6.92 Å².